The van der Waals surface area contributed by atoms with Crippen molar-refractivity contribution in [3.63, 3.8) is 0 Å². The monoisotopic (exact) mass is 241 g/mol. The molecule has 0 unspecified atom stereocenters. The van der Waals surface area contributed by atoms with E-state index in [4.69, 9.17) is 16.2 Å². The molecule has 3 rings (SSSR count). The van der Waals surface area contributed by atoms with E-state index in [-0.39, 0.29) is 0 Å². The Morgan fingerprint density at radius 1 is 1.17 bits per heavy atom. The third kappa shape index (κ3) is 1.64. The molecule has 2 aromatic heterocycles. The minimum Gasteiger partial charge on any atom is -0.497 e. The van der Waals surface area contributed by atoms with E-state index in [0.29, 0.717) is 35.0 Å². The van der Waals surface area contributed by atoms with Gasteiger partial charge in [-0.15, -0.1) is 0 Å². The van der Waals surface area contributed by atoms with E-state index in [0.717, 1.165) is 5.57 Å². The second-order valence-electron chi connectivity index (χ2n) is 3.82. The number of pyridine rings is 1. The van der Waals surface area contributed by atoms with Crippen LogP contribution in [0.5, 0.6) is 0 Å². The maximum absolute atomic E-state index is 5.92. The van der Waals surface area contributed by atoms with Crippen molar-refractivity contribution in [1.82, 2.24) is 15.0 Å². The first kappa shape index (κ1) is 10.5. The van der Waals surface area contributed by atoms with Crippen molar-refractivity contribution in [2.75, 3.05) is 18.1 Å². The highest BCUT2D eigenvalue weighted by molar-refractivity contribution is 5.89. The minimum atomic E-state index is 0.345. The highest BCUT2D eigenvalue weighted by atomic mass is 16.5. The molecule has 0 fully saturated rings. The van der Waals surface area contributed by atoms with Crippen LogP contribution in [0.4, 0.5) is 11.6 Å². The van der Waals surface area contributed by atoms with Crippen molar-refractivity contribution >= 4 is 28.2 Å². The Morgan fingerprint density at radius 3 is 2.83 bits per heavy atom. The number of nitrogens with two attached hydrogens (primary N) is 2. The van der Waals surface area contributed by atoms with Gasteiger partial charge in [0.05, 0.1) is 11.8 Å². The first-order valence-electron chi connectivity index (χ1n) is 5.42. The van der Waals surface area contributed by atoms with Crippen LogP contribution in [0.1, 0.15) is 5.69 Å². The molecule has 0 atom stereocenters. The molecule has 4 N–H and O–H groups in total. The fraction of sp³-hybridized carbons (Fsp3) is 0.0833. The summed E-state index contributed by atoms with van der Waals surface area (Å²) < 4.78 is 5.09. The molecule has 6 heteroatoms. The quantitative estimate of drug-likeness (QED) is 0.775. The summed E-state index contributed by atoms with van der Waals surface area (Å²) in [5, 5.41) is 0. The zero-order valence-electron chi connectivity index (χ0n) is 9.50. The average molecular weight is 241 g/mol. The zero-order valence-corrected chi connectivity index (χ0v) is 9.50. The van der Waals surface area contributed by atoms with Crippen LogP contribution in [0.25, 0.3) is 16.6 Å². The van der Waals surface area contributed by atoms with Gasteiger partial charge in [-0.1, -0.05) is 0 Å². The minimum absolute atomic E-state index is 0.345. The van der Waals surface area contributed by atoms with Crippen LogP contribution >= 0.6 is 0 Å². The number of nitrogen functional groups attached to an aromatic ring is 2. The van der Waals surface area contributed by atoms with E-state index in [2.05, 4.69) is 15.0 Å². The molecule has 6 nitrogen and oxygen atoms in total. The SMILES string of the molecule is Nc1nc2ccnc(N)c2nc1C1=CCOC=C1. The van der Waals surface area contributed by atoms with E-state index in [1.54, 1.807) is 24.6 Å². The van der Waals surface area contributed by atoms with E-state index >= 15 is 0 Å². The second kappa shape index (κ2) is 3.99. The van der Waals surface area contributed by atoms with E-state index in [1.807, 2.05) is 6.08 Å². The Balaban J connectivity index is 2.24. The molecule has 0 saturated heterocycles. The van der Waals surface area contributed by atoms with Gasteiger partial charge in [0.1, 0.15) is 17.8 Å². The molecule has 2 aromatic rings. The Hall–Kier alpha value is -2.63. The van der Waals surface area contributed by atoms with Gasteiger partial charge in [0.25, 0.3) is 0 Å². The molecule has 1 aliphatic heterocycles. The lowest BCUT2D eigenvalue weighted by Crippen LogP contribution is -2.05. The molecular formula is C12H11N5O. The molecule has 0 aliphatic carbocycles. The van der Waals surface area contributed by atoms with Crippen LogP contribution in [-0.2, 0) is 4.74 Å². The van der Waals surface area contributed by atoms with Crippen molar-refractivity contribution in [3.05, 3.63) is 36.4 Å². The average Bonchev–Trinajstić information content (AvgIpc) is 2.39. The van der Waals surface area contributed by atoms with E-state index in [9.17, 15) is 0 Å². The maximum Gasteiger partial charge on any atom is 0.151 e. The molecule has 18 heavy (non-hydrogen) atoms. The van der Waals surface area contributed by atoms with Crippen LogP contribution in [-0.4, -0.2) is 21.6 Å². The van der Waals surface area contributed by atoms with Gasteiger partial charge in [0.2, 0.25) is 0 Å². The number of anilines is 2. The summed E-state index contributed by atoms with van der Waals surface area (Å²) >= 11 is 0. The van der Waals surface area contributed by atoms with Crippen LogP contribution in [0.3, 0.4) is 0 Å². The van der Waals surface area contributed by atoms with Gasteiger partial charge in [-0.2, -0.15) is 0 Å². The van der Waals surface area contributed by atoms with Crippen molar-refractivity contribution in [3.8, 4) is 0 Å². The maximum atomic E-state index is 5.92. The fourth-order valence-corrected chi connectivity index (χ4v) is 1.79. The van der Waals surface area contributed by atoms with Crippen molar-refractivity contribution in [1.29, 1.82) is 0 Å². The van der Waals surface area contributed by atoms with E-state index < -0.39 is 0 Å². The van der Waals surface area contributed by atoms with Crippen LogP contribution < -0.4 is 11.5 Å². The number of ether oxygens (including phenoxy) is 1. The van der Waals surface area contributed by atoms with Crippen LogP contribution in [0, 0.1) is 0 Å². The second-order valence-corrected chi connectivity index (χ2v) is 3.82. The number of hydrogen-bond acceptors (Lipinski definition) is 6. The smallest absolute Gasteiger partial charge is 0.151 e. The summed E-state index contributed by atoms with van der Waals surface area (Å²) in [6, 6.07) is 1.73. The first-order chi connectivity index (χ1) is 8.75. The predicted octanol–water partition coefficient (Wildman–Crippen LogP) is 1.12. The molecule has 0 spiro atoms. The molecule has 0 radical (unpaired) electrons. The first-order valence-corrected chi connectivity index (χ1v) is 5.42. The number of aromatic nitrogens is 3. The predicted molar refractivity (Wildman–Crippen MR) is 69.2 cm³/mol. The lowest BCUT2D eigenvalue weighted by molar-refractivity contribution is 0.287. The molecule has 0 saturated carbocycles. The van der Waals surface area contributed by atoms with E-state index in [1.165, 1.54) is 0 Å². The number of allylic oxidation sites excluding steroid dienone is 2. The Labute approximate surface area is 103 Å². The fourth-order valence-electron chi connectivity index (χ4n) is 1.79. The summed E-state index contributed by atoms with van der Waals surface area (Å²) in [6.07, 6.45) is 6.87. The molecule has 0 aromatic carbocycles. The topological polar surface area (TPSA) is 99.9 Å². The number of fused-ring (bicyclic) bond motifs is 1. The molecule has 3 heterocycles. The van der Waals surface area contributed by atoms with Gasteiger partial charge in [-0.25, -0.2) is 15.0 Å². The van der Waals surface area contributed by atoms with Crippen molar-refractivity contribution in [2.45, 2.75) is 0 Å². The van der Waals surface area contributed by atoms with Crippen molar-refractivity contribution < 1.29 is 4.74 Å². The van der Waals surface area contributed by atoms with Crippen LogP contribution in [0.2, 0.25) is 0 Å². The summed E-state index contributed by atoms with van der Waals surface area (Å²) in [5.74, 6) is 0.712. The summed E-state index contributed by atoms with van der Waals surface area (Å²) in [5.41, 5.74) is 14.4. The highest BCUT2D eigenvalue weighted by Gasteiger charge is 2.12. The van der Waals surface area contributed by atoms with Gasteiger partial charge in [0.15, 0.2) is 11.6 Å². The lowest BCUT2D eigenvalue weighted by Gasteiger charge is -2.10. The normalized spacial score (nSPS) is 14.3. The molecule has 0 amide bonds. The van der Waals surface area contributed by atoms with Gasteiger partial charge in [0, 0.05) is 11.8 Å². The van der Waals surface area contributed by atoms with Gasteiger partial charge >= 0.3 is 0 Å². The van der Waals surface area contributed by atoms with Gasteiger partial charge in [-0.05, 0) is 18.2 Å². The Morgan fingerprint density at radius 2 is 2.06 bits per heavy atom. The number of rotatable bonds is 1. The van der Waals surface area contributed by atoms with Crippen molar-refractivity contribution in [2.24, 2.45) is 0 Å². The Kier molecular flexibility index (Phi) is 2.33. The third-order valence-electron chi connectivity index (χ3n) is 2.66. The summed E-state index contributed by atoms with van der Waals surface area (Å²) in [6.45, 7) is 0.494. The molecule has 90 valence electrons. The lowest BCUT2D eigenvalue weighted by atomic mass is 10.1. The molecule has 0 bridgehead atoms. The Bertz CT molecular complexity index is 677. The van der Waals surface area contributed by atoms with Gasteiger partial charge < -0.3 is 16.2 Å². The standard InChI is InChI=1S/C12H11N5O/c13-11-10-8(1-4-15-11)16-12(14)9(17-10)7-2-5-18-6-3-7/h1-5H,6H2,(H2,13,15)(H2,14,16). The third-order valence-corrected chi connectivity index (χ3v) is 2.66. The zero-order chi connectivity index (χ0) is 12.5. The molecular weight excluding hydrogens is 230 g/mol. The summed E-state index contributed by atoms with van der Waals surface area (Å²) in [4.78, 5) is 12.7. The number of nitrogens with zero attached hydrogens (tertiary/aromatic N) is 3. The molecule has 1 aliphatic rings. The number of hydrogen-bond donors (Lipinski definition) is 2. The van der Waals surface area contributed by atoms with Crippen LogP contribution in [0.15, 0.2) is 30.7 Å². The summed E-state index contributed by atoms with van der Waals surface area (Å²) in [7, 11) is 0. The largest absolute Gasteiger partial charge is 0.497 e. The van der Waals surface area contributed by atoms with Gasteiger partial charge in [-0.3, -0.25) is 0 Å². The highest BCUT2D eigenvalue weighted by Crippen LogP contribution is 2.25.